The van der Waals surface area contributed by atoms with Crippen molar-refractivity contribution in [1.82, 2.24) is 5.32 Å². The minimum absolute atomic E-state index is 0.248. The van der Waals surface area contributed by atoms with Crippen molar-refractivity contribution in [1.29, 1.82) is 0 Å². The molecule has 0 saturated heterocycles. The van der Waals surface area contributed by atoms with Crippen LogP contribution in [0.15, 0.2) is 53.0 Å². The van der Waals surface area contributed by atoms with Crippen molar-refractivity contribution in [3.05, 3.63) is 64.1 Å². The maximum Gasteiger partial charge on any atom is 0.258 e. The van der Waals surface area contributed by atoms with Gasteiger partial charge in [0.25, 0.3) is 5.91 Å². The average molecular weight is 349 g/mol. The van der Waals surface area contributed by atoms with E-state index >= 15 is 0 Å². The molecular weight excluding hydrogens is 336 g/mol. The number of halogens is 1. The number of thiocarbonyl (C=S) groups is 1. The number of hydrogen-bond donors (Lipinski definition) is 2. The van der Waals surface area contributed by atoms with Gasteiger partial charge in [0.15, 0.2) is 5.11 Å². The van der Waals surface area contributed by atoms with Crippen LogP contribution in [0.25, 0.3) is 0 Å². The Hall–Kier alpha value is -1.72. The fourth-order valence-electron chi connectivity index (χ4n) is 1.70. The zero-order chi connectivity index (χ0) is 14.5. The van der Waals surface area contributed by atoms with Gasteiger partial charge >= 0.3 is 0 Å². The van der Waals surface area contributed by atoms with E-state index in [4.69, 9.17) is 12.2 Å². The maximum absolute atomic E-state index is 12.1. The Morgan fingerprint density at radius 1 is 1.15 bits per heavy atom. The van der Waals surface area contributed by atoms with Crippen molar-refractivity contribution in [2.75, 3.05) is 5.32 Å². The standard InChI is InChI=1S/C15H13BrN2OS/c1-10-5-4-6-11(9-10)17-15(20)18-14(19)12-7-2-3-8-13(12)16/h2-9H,1H3,(H2,17,18,19,20). The number of anilines is 1. The second kappa shape index (κ2) is 6.63. The third-order valence-corrected chi connectivity index (χ3v) is 3.52. The predicted molar refractivity (Wildman–Crippen MR) is 89.0 cm³/mol. The minimum Gasteiger partial charge on any atom is -0.332 e. The monoisotopic (exact) mass is 348 g/mol. The van der Waals surface area contributed by atoms with Gasteiger partial charge in [0.1, 0.15) is 0 Å². The Morgan fingerprint density at radius 2 is 1.90 bits per heavy atom. The average Bonchev–Trinajstić information content (AvgIpc) is 2.38. The number of aryl methyl sites for hydroxylation is 1. The maximum atomic E-state index is 12.1. The molecule has 3 nitrogen and oxygen atoms in total. The number of benzene rings is 2. The van der Waals surface area contributed by atoms with Crippen molar-refractivity contribution in [2.24, 2.45) is 0 Å². The first kappa shape index (κ1) is 14.7. The summed E-state index contributed by atoms with van der Waals surface area (Å²) in [5.41, 5.74) is 2.51. The van der Waals surface area contributed by atoms with Crippen LogP contribution < -0.4 is 10.6 Å². The molecule has 0 fully saturated rings. The lowest BCUT2D eigenvalue weighted by atomic mass is 10.2. The highest BCUT2D eigenvalue weighted by Crippen LogP contribution is 2.15. The van der Waals surface area contributed by atoms with Gasteiger partial charge in [-0.05, 0) is 64.9 Å². The first-order valence-corrected chi connectivity index (χ1v) is 7.20. The van der Waals surface area contributed by atoms with Crippen LogP contribution >= 0.6 is 28.1 Å². The van der Waals surface area contributed by atoms with Crippen molar-refractivity contribution in [3.8, 4) is 0 Å². The third kappa shape index (κ3) is 3.88. The van der Waals surface area contributed by atoms with Crippen LogP contribution in [-0.2, 0) is 0 Å². The molecule has 0 heterocycles. The largest absolute Gasteiger partial charge is 0.332 e. The molecule has 102 valence electrons. The second-order valence-electron chi connectivity index (χ2n) is 4.26. The van der Waals surface area contributed by atoms with E-state index in [1.54, 1.807) is 12.1 Å². The molecule has 0 radical (unpaired) electrons. The van der Waals surface area contributed by atoms with Crippen molar-refractivity contribution in [2.45, 2.75) is 6.92 Å². The van der Waals surface area contributed by atoms with E-state index in [1.807, 2.05) is 43.3 Å². The highest BCUT2D eigenvalue weighted by atomic mass is 79.9. The van der Waals surface area contributed by atoms with E-state index in [0.29, 0.717) is 5.56 Å². The molecule has 20 heavy (non-hydrogen) atoms. The number of carbonyl (C=O) groups is 1. The fraction of sp³-hybridized carbons (Fsp3) is 0.0667. The molecule has 2 aromatic rings. The van der Waals surface area contributed by atoms with Gasteiger partial charge in [-0.3, -0.25) is 10.1 Å². The zero-order valence-corrected chi connectivity index (χ0v) is 13.2. The van der Waals surface area contributed by atoms with Crippen LogP contribution in [0, 0.1) is 6.92 Å². The van der Waals surface area contributed by atoms with E-state index in [-0.39, 0.29) is 11.0 Å². The zero-order valence-electron chi connectivity index (χ0n) is 10.8. The van der Waals surface area contributed by atoms with Crippen LogP contribution in [0.5, 0.6) is 0 Å². The SMILES string of the molecule is Cc1cccc(NC(=S)NC(=O)c2ccccc2Br)c1. The Kier molecular flexibility index (Phi) is 4.87. The first-order chi connectivity index (χ1) is 9.56. The van der Waals surface area contributed by atoms with Crippen LogP contribution in [0.4, 0.5) is 5.69 Å². The lowest BCUT2D eigenvalue weighted by molar-refractivity contribution is 0.0977. The van der Waals surface area contributed by atoms with Gasteiger partial charge in [-0.25, -0.2) is 0 Å². The number of nitrogens with one attached hydrogen (secondary N) is 2. The molecule has 0 atom stereocenters. The summed E-state index contributed by atoms with van der Waals surface area (Å²) in [7, 11) is 0. The summed E-state index contributed by atoms with van der Waals surface area (Å²) in [6.07, 6.45) is 0. The molecule has 2 aromatic carbocycles. The Balaban J connectivity index is 2.02. The molecule has 2 N–H and O–H groups in total. The van der Waals surface area contributed by atoms with Gasteiger partial charge in [-0.2, -0.15) is 0 Å². The first-order valence-electron chi connectivity index (χ1n) is 6.00. The van der Waals surface area contributed by atoms with Crippen molar-refractivity contribution >= 4 is 44.9 Å². The molecule has 0 aromatic heterocycles. The lowest BCUT2D eigenvalue weighted by Crippen LogP contribution is -2.34. The van der Waals surface area contributed by atoms with Gasteiger partial charge in [-0.15, -0.1) is 0 Å². The number of amides is 1. The molecule has 5 heteroatoms. The molecule has 1 amide bonds. The van der Waals surface area contributed by atoms with E-state index in [2.05, 4.69) is 26.6 Å². The predicted octanol–water partition coefficient (Wildman–Crippen LogP) is 3.88. The van der Waals surface area contributed by atoms with Gasteiger partial charge < -0.3 is 5.32 Å². The van der Waals surface area contributed by atoms with Gasteiger partial charge in [0.2, 0.25) is 0 Å². The molecule has 0 unspecified atom stereocenters. The summed E-state index contributed by atoms with van der Waals surface area (Å²) in [5.74, 6) is -0.248. The summed E-state index contributed by atoms with van der Waals surface area (Å²) in [6, 6.07) is 15.0. The van der Waals surface area contributed by atoms with Crippen LogP contribution in [0.2, 0.25) is 0 Å². The van der Waals surface area contributed by atoms with Crippen molar-refractivity contribution in [3.63, 3.8) is 0 Å². The molecule has 0 aliphatic rings. The molecular formula is C15H13BrN2OS. The Labute approximate surface area is 131 Å². The third-order valence-electron chi connectivity index (χ3n) is 2.62. The highest BCUT2D eigenvalue weighted by molar-refractivity contribution is 9.10. The van der Waals surface area contributed by atoms with Crippen molar-refractivity contribution < 1.29 is 4.79 Å². The van der Waals surface area contributed by atoms with E-state index in [0.717, 1.165) is 15.7 Å². The van der Waals surface area contributed by atoms with E-state index in [9.17, 15) is 4.79 Å². The Bertz CT molecular complexity index is 658. The quantitative estimate of drug-likeness (QED) is 0.809. The summed E-state index contributed by atoms with van der Waals surface area (Å²) in [5, 5.41) is 5.92. The molecule has 0 spiro atoms. The number of carbonyl (C=O) groups excluding carboxylic acids is 1. The van der Waals surface area contributed by atoms with Crippen LogP contribution in [0.3, 0.4) is 0 Å². The minimum atomic E-state index is -0.248. The molecule has 0 bridgehead atoms. The van der Waals surface area contributed by atoms with E-state index in [1.165, 1.54) is 0 Å². The van der Waals surface area contributed by atoms with E-state index < -0.39 is 0 Å². The van der Waals surface area contributed by atoms with Gasteiger partial charge in [-0.1, -0.05) is 24.3 Å². The summed E-state index contributed by atoms with van der Waals surface area (Å²) >= 11 is 8.48. The topological polar surface area (TPSA) is 41.1 Å². The summed E-state index contributed by atoms with van der Waals surface area (Å²) in [6.45, 7) is 1.99. The number of hydrogen-bond acceptors (Lipinski definition) is 2. The second-order valence-corrected chi connectivity index (χ2v) is 5.52. The summed E-state index contributed by atoms with van der Waals surface area (Å²) in [4.78, 5) is 12.1. The molecule has 0 saturated carbocycles. The molecule has 2 rings (SSSR count). The number of rotatable bonds is 2. The van der Waals surface area contributed by atoms with Gasteiger partial charge in [0.05, 0.1) is 5.56 Å². The molecule has 0 aliphatic heterocycles. The molecule has 0 aliphatic carbocycles. The highest BCUT2D eigenvalue weighted by Gasteiger charge is 2.10. The fourth-order valence-corrected chi connectivity index (χ4v) is 2.38. The van der Waals surface area contributed by atoms with Crippen LogP contribution in [0.1, 0.15) is 15.9 Å². The summed E-state index contributed by atoms with van der Waals surface area (Å²) < 4.78 is 0.732. The smallest absolute Gasteiger partial charge is 0.258 e. The van der Waals surface area contributed by atoms with Gasteiger partial charge in [0, 0.05) is 10.2 Å². The Morgan fingerprint density at radius 3 is 2.60 bits per heavy atom. The normalized spacial score (nSPS) is 9.90. The lowest BCUT2D eigenvalue weighted by Gasteiger charge is -2.10. The van der Waals surface area contributed by atoms with Crippen LogP contribution in [-0.4, -0.2) is 11.0 Å².